The summed E-state index contributed by atoms with van der Waals surface area (Å²) in [5, 5.41) is 3.18. The maximum atomic E-state index is 5.00. The molecule has 0 saturated carbocycles. The van der Waals surface area contributed by atoms with Crippen LogP contribution in [0.3, 0.4) is 0 Å². The van der Waals surface area contributed by atoms with Crippen LogP contribution in [0.5, 0.6) is 0 Å². The van der Waals surface area contributed by atoms with Crippen LogP contribution in [-0.2, 0) is 0 Å². The minimum atomic E-state index is 0.404. The molecular weight excluding hydrogens is 174 g/mol. The Labute approximate surface area is 79.3 Å². The summed E-state index contributed by atoms with van der Waals surface area (Å²) in [5.74, 6) is 0. The summed E-state index contributed by atoms with van der Waals surface area (Å²) in [6.07, 6.45) is 3.15. The van der Waals surface area contributed by atoms with E-state index in [1.54, 1.807) is 11.8 Å². The molecule has 0 aromatic heterocycles. The van der Waals surface area contributed by atoms with E-state index in [9.17, 15) is 0 Å². The molecule has 1 nitrogen and oxygen atoms in total. The van der Waals surface area contributed by atoms with Gasteiger partial charge >= 0.3 is 0 Å². The molecule has 11 heavy (non-hydrogen) atoms. The third-order valence-corrected chi connectivity index (χ3v) is 2.49. The molecule has 66 valence electrons. The smallest absolute Gasteiger partial charge is 0.133 e. The minimum absolute atomic E-state index is 0.404. The summed E-state index contributed by atoms with van der Waals surface area (Å²) >= 11 is 6.59. The second-order valence-electron chi connectivity index (χ2n) is 3.73. The van der Waals surface area contributed by atoms with Crippen molar-refractivity contribution in [2.45, 2.75) is 27.2 Å². The molecule has 0 spiro atoms. The molecule has 0 aromatic rings. The predicted molar refractivity (Wildman–Crippen MR) is 58.2 cm³/mol. The van der Waals surface area contributed by atoms with E-state index in [1.165, 1.54) is 0 Å². The van der Waals surface area contributed by atoms with E-state index in [0.717, 1.165) is 17.3 Å². The number of rotatable bonds is 2. The van der Waals surface area contributed by atoms with Gasteiger partial charge in [-0.3, -0.25) is 0 Å². The maximum Gasteiger partial charge on any atom is 0.133 e. The molecule has 0 aromatic carbocycles. The van der Waals surface area contributed by atoms with Crippen LogP contribution < -0.4 is 5.32 Å². The van der Waals surface area contributed by atoms with Gasteiger partial charge in [0.05, 0.1) is 0 Å². The molecule has 0 amide bonds. The summed E-state index contributed by atoms with van der Waals surface area (Å²) in [6.45, 7) is 7.69. The van der Waals surface area contributed by atoms with Gasteiger partial charge in [-0.1, -0.05) is 33.0 Å². The highest BCUT2D eigenvalue weighted by Gasteiger charge is 2.08. The van der Waals surface area contributed by atoms with Gasteiger partial charge in [0.15, 0.2) is 0 Å². The molecule has 0 aliphatic heterocycles. The summed E-state index contributed by atoms with van der Waals surface area (Å²) in [5.41, 5.74) is 0.404. The Morgan fingerprint density at radius 1 is 1.45 bits per heavy atom. The zero-order valence-corrected chi connectivity index (χ0v) is 9.36. The first-order valence-corrected chi connectivity index (χ1v) is 5.41. The lowest BCUT2D eigenvalue weighted by Gasteiger charge is -2.18. The van der Waals surface area contributed by atoms with Crippen LogP contribution in [0.25, 0.3) is 0 Å². The average Bonchev–Trinajstić information content (AvgIpc) is 1.85. The number of hydrogen-bond donors (Lipinski definition) is 1. The zero-order valence-electron chi connectivity index (χ0n) is 7.73. The van der Waals surface area contributed by atoms with E-state index >= 15 is 0 Å². The minimum Gasteiger partial charge on any atom is -0.371 e. The fraction of sp³-hybridized carbons (Fsp3) is 0.875. The summed E-state index contributed by atoms with van der Waals surface area (Å²) < 4.78 is 0.897. The summed E-state index contributed by atoms with van der Waals surface area (Å²) in [4.78, 5) is 0. The Hall–Kier alpha value is 0.240. The van der Waals surface area contributed by atoms with E-state index in [0.29, 0.717) is 5.41 Å². The first-order chi connectivity index (χ1) is 4.95. The Morgan fingerprint density at radius 2 is 2.00 bits per heavy atom. The van der Waals surface area contributed by atoms with Gasteiger partial charge in [-0.05, 0) is 18.1 Å². The van der Waals surface area contributed by atoms with Gasteiger partial charge in [0.1, 0.15) is 4.32 Å². The largest absolute Gasteiger partial charge is 0.371 e. The molecule has 1 N–H and O–H groups in total. The number of nitrogens with one attached hydrogen (secondary N) is 1. The Kier molecular flexibility index (Phi) is 5.10. The topological polar surface area (TPSA) is 12.0 Å². The van der Waals surface area contributed by atoms with Crippen LogP contribution in [-0.4, -0.2) is 17.1 Å². The van der Waals surface area contributed by atoms with Crippen molar-refractivity contribution in [1.29, 1.82) is 0 Å². The van der Waals surface area contributed by atoms with E-state index in [4.69, 9.17) is 12.2 Å². The predicted octanol–water partition coefficient (Wildman–Crippen LogP) is 2.66. The fourth-order valence-corrected chi connectivity index (χ4v) is 0.960. The number of hydrogen-bond acceptors (Lipinski definition) is 2. The second-order valence-corrected chi connectivity index (χ2v) is 5.21. The Morgan fingerprint density at radius 3 is 2.36 bits per heavy atom. The molecule has 0 aliphatic carbocycles. The van der Waals surface area contributed by atoms with E-state index in [1.807, 2.05) is 6.26 Å². The third kappa shape index (κ3) is 8.14. The van der Waals surface area contributed by atoms with Gasteiger partial charge in [0.25, 0.3) is 0 Å². The standard InChI is InChI=1S/C8H17NS2/c1-8(2,3)5-6-9-7(10)11-4/h5-6H2,1-4H3,(H,9,10). The lowest BCUT2D eigenvalue weighted by atomic mass is 9.92. The number of thiocarbonyl (C=S) groups is 1. The van der Waals surface area contributed by atoms with Crippen molar-refractivity contribution >= 4 is 28.3 Å². The van der Waals surface area contributed by atoms with Crippen molar-refractivity contribution in [2.24, 2.45) is 5.41 Å². The quantitative estimate of drug-likeness (QED) is 0.674. The van der Waals surface area contributed by atoms with Crippen molar-refractivity contribution in [2.75, 3.05) is 12.8 Å². The van der Waals surface area contributed by atoms with Gasteiger partial charge in [-0.2, -0.15) is 0 Å². The second kappa shape index (κ2) is 4.99. The molecule has 0 radical (unpaired) electrons. The van der Waals surface area contributed by atoms with Crippen LogP contribution >= 0.6 is 24.0 Å². The van der Waals surface area contributed by atoms with Crippen molar-refractivity contribution in [3.05, 3.63) is 0 Å². The van der Waals surface area contributed by atoms with Crippen LogP contribution in [0.2, 0.25) is 0 Å². The molecular formula is C8H17NS2. The molecule has 0 bridgehead atoms. The SMILES string of the molecule is CSC(=S)NCCC(C)(C)C. The Bertz CT molecular complexity index is 127. The molecule has 0 rings (SSSR count). The van der Waals surface area contributed by atoms with Gasteiger partial charge < -0.3 is 5.32 Å². The molecule has 0 fully saturated rings. The fourth-order valence-electron chi connectivity index (χ4n) is 0.612. The van der Waals surface area contributed by atoms with Crippen molar-refractivity contribution < 1.29 is 0 Å². The highest BCUT2D eigenvalue weighted by atomic mass is 32.2. The summed E-state index contributed by atoms with van der Waals surface area (Å²) in [6, 6.07) is 0. The normalized spacial score (nSPS) is 11.3. The molecule has 0 heterocycles. The van der Waals surface area contributed by atoms with Gasteiger partial charge in [0.2, 0.25) is 0 Å². The van der Waals surface area contributed by atoms with Gasteiger partial charge in [0, 0.05) is 6.54 Å². The van der Waals surface area contributed by atoms with Crippen LogP contribution in [0.1, 0.15) is 27.2 Å². The first kappa shape index (κ1) is 11.2. The van der Waals surface area contributed by atoms with Crippen molar-refractivity contribution in [3.8, 4) is 0 Å². The first-order valence-electron chi connectivity index (χ1n) is 3.77. The van der Waals surface area contributed by atoms with E-state index < -0.39 is 0 Å². The van der Waals surface area contributed by atoms with Crippen LogP contribution in [0, 0.1) is 5.41 Å². The molecule has 0 unspecified atom stereocenters. The van der Waals surface area contributed by atoms with Crippen LogP contribution in [0.15, 0.2) is 0 Å². The lowest BCUT2D eigenvalue weighted by Crippen LogP contribution is -2.23. The summed E-state index contributed by atoms with van der Waals surface area (Å²) in [7, 11) is 0. The van der Waals surface area contributed by atoms with Crippen LogP contribution in [0.4, 0.5) is 0 Å². The highest BCUT2D eigenvalue weighted by Crippen LogP contribution is 2.17. The molecule has 0 saturated heterocycles. The third-order valence-electron chi connectivity index (χ3n) is 1.33. The van der Waals surface area contributed by atoms with Crippen molar-refractivity contribution in [1.82, 2.24) is 5.32 Å². The Balaban J connectivity index is 3.35. The molecule has 0 atom stereocenters. The number of thioether (sulfide) groups is 1. The monoisotopic (exact) mass is 191 g/mol. The lowest BCUT2D eigenvalue weighted by molar-refractivity contribution is 0.378. The maximum absolute atomic E-state index is 5.00. The van der Waals surface area contributed by atoms with Gasteiger partial charge in [-0.15, -0.1) is 11.8 Å². The average molecular weight is 191 g/mol. The van der Waals surface area contributed by atoms with E-state index in [2.05, 4.69) is 26.1 Å². The van der Waals surface area contributed by atoms with Gasteiger partial charge in [-0.25, -0.2) is 0 Å². The van der Waals surface area contributed by atoms with Crippen molar-refractivity contribution in [3.63, 3.8) is 0 Å². The highest BCUT2D eigenvalue weighted by molar-refractivity contribution is 8.22. The zero-order chi connectivity index (χ0) is 8.91. The molecule has 3 heteroatoms. The molecule has 0 aliphatic rings. The van der Waals surface area contributed by atoms with E-state index in [-0.39, 0.29) is 0 Å².